The van der Waals surface area contributed by atoms with Crippen LogP contribution in [0, 0.1) is 0 Å². The third-order valence-corrected chi connectivity index (χ3v) is 6.12. The number of anilines is 1. The second-order valence-electron chi connectivity index (χ2n) is 5.34. The van der Waals surface area contributed by atoms with E-state index in [4.69, 9.17) is 5.73 Å². The van der Waals surface area contributed by atoms with Crippen molar-refractivity contribution in [3.05, 3.63) is 28.2 Å². The Morgan fingerprint density at radius 1 is 1.32 bits per heavy atom. The minimum Gasteiger partial charge on any atom is -0.399 e. The molecule has 4 nitrogen and oxygen atoms in total. The number of carbonyl (C=O) groups is 1. The average molecular weight is 348 g/mol. The van der Waals surface area contributed by atoms with E-state index >= 15 is 0 Å². The van der Waals surface area contributed by atoms with Gasteiger partial charge in [-0.05, 0) is 39.0 Å². The van der Waals surface area contributed by atoms with Crippen molar-refractivity contribution >= 4 is 37.2 Å². The highest BCUT2D eigenvalue weighted by Crippen LogP contribution is 2.23. The third-order valence-electron chi connectivity index (χ3n) is 2.82. The molecule has 106 valence electrons. The van der Waals surface area contributed by atoms with Gasteiger partial charge in [0, 0.05) is 22.1 Å². The second-order valence-corrected chi connectivity index (χ2v) is 9.06. The number of nitrogen functional groups attached to an aromatic ring is 1. The van der Waals surface area contributed by atoms with Gasteiger partial charge in [-0.2, -0.15) is 0 Å². The minimum absolute atomic E-state index is 0.0400. The van der Waals surface area contributed by atoms with Crippen molar-refractivity contribution in [3.8, 4) is 0 Å². The van der Waals surface area contributed by atoms with E-state index in [-0.39, 0.29) is 18.0 Å². The molecule has 0 bridgehead atoms. The number of Topliss-reactive ketones (excluding diaryl/α,β-unsaturated/α-hetero) is 1. The molecule has 19 heavy (non-hydrogen) atoms. The summed E-state index contributed by atoms with van der Waals surface area (Å²) in [4.78, 5) is 12.0. The molecule has 1 rings (SSSR count). The Balaban J connectivity index is 2.85. The first-order chi connectivity index (χ1) is 8.54. The monoisotopic (exact) mass is 347 g/mol. The summed E-state index contributed by atoms with van der Waals surface area (Å²) in [5.74, 6) is -0.386. The molecule has 0 aliphatic carbocycles. The lowest BCUT2D eigenvalue weighted by molar-refractivity contribution is 0.0988. The van der Waals surface area contributed by atoms with Gasteiger partial charge in [0.25, 0.3) is 0 Å². The minimum atomic E-state index is -3.29. The lowest BCUT2D eigenvalue weighted by Crippen LogP contribution is -2.31. The van der Waals surface area contributed by atoms with Crippen LogP contribution in [0.2, 0.25) is 0 Å². The highest BCUT2D eigenvalue weighted by atomic mass is 79.9. The zero-order chi connectivity index (χ0) is 14.8. The van der Waals surface area contributed by atoms with Crippen LogP contribution in [0.1, 0.15) is 37.6 Å². The van der Waals surface area contributed by atoms with E-state index in [2.05, 4.69) is 15.9 Å². The molecule has 0 radical (unpaired) electrons. The zero-order valence-corrected chi connectivity index (χ0v) is 13.6. The summed E-state index contributed by atoms with van der Waals surface area (Å²) < 4.78 is 23.7. The Morgan fingerprint density at radius 2 is 1.89 bits per heavy atom. The fraction of sp³-hybridized carbons (Fsp3) is 0.462. The zero-order valence-electron chi connectivity index (χ0n) is 11.2. The van der Waals surface area contributed by atoms with Gasteiger partial charge in [0.15, 0.2) is 15.6 Å². The van der Waals surface area contributed by atoms with E-state index in [9.17, 15) is 13.2 Å². The number of sulfone groups is 1. The fourth-order valence-corrected chi connectivity index (χ4v) is 2.96. The number of carbonyl (C=O) groups excluding carboxylic acids is 1. The maximum absolute atomic E-state index is 12.0. The summed E-state index contributed by atoms with van der Waals surface area (Å²) in [5, 5.41) is 0. The lowest BCUT2D eigenvalue weighted by Gasteiger charge is -2.18. The van der Waals surface area contributed by atoms with Gasteiger partial charge in [-0.3, -0.25) is 4.79 Å². The molecule has 0 spiro atoms. The standard InChI is InChI=1S/C13H18BrNO3S/c1-13(2,3)19(17,18)7-6-12(16)10-8-9(15)4-5-11(10)14/h4-5,8H,6-7,15H2,1-3H3. The largest absolute Gasteiger partial charge is 0.399 e. The molecule has 0 saturated heterocycles. The molecule has 2 N–H and O–H groups in total. The normalized spacial score (nSPS) is 12.4. The summed E-state index contributed by atoms with van der Waals surface area (Å²) in [7, 11) is -3.29. The Bertz CT molecular complexity index is 588. The smallest absolute Gasteiger partial charge is 0.165 e. The van der Waals surface area contributed by atoms with Gasteiger partial charge in [0.05, 0.1) is 10.5 Å². The first-order valence-electron chi connectivity index (χ1n) is 5.85. The fourth-order valence-electron chi connectivity index (χ4n) is 1.42. The van der Waals surface area contributed by atoms with Gasteiger partial charge >= 0.3 is 0 Å². The molecule has 0 amide bonds. The molecule has 0 aliphatic rings. The maximum Gasteiger partial charge on any atom is 0.165 e. The first kappa shape index (κ1) is 16.2. The van der Waals surface area contributed by atoms with Crippen LogP contribution >= 0.6 is 15.9 Å². The molecule has 0 fully saturated rings. The Hall–Kier alpha value is -0.880. The molecular weight excluding hydrogens is 330 g/mol. The second kappa shape index (κ2) is 5.63. The predicted molar refractivity (Wildman–Crippen MR) is 81.0 cm³/mol. The summed E-state index contributed by atoms with van der Waals surface area (Å²) in [5.41, 5.74) is 6.52. The number of ketones is 1. The Labute approximate surface area is 122 Å². The molecule has 0 atom stereocenters. The molecule has 1 aromatic carbocycles. The van der Waals surface area contributed by atoms with E-state index in [1.54, 1.807) is 39.0 Å². The average Bonchev–Trinajstić information content (AvgIpc) is 2.28. The van der Waals surface area contributed by atoms with Gasteiger partial charge in [-0.1, -0.05) is 15.9 Å². The Kier molecular flexibility index (Phi) is 4.79. The number of hydrogen-bond donors (Lipinski definition) is 1. The van der Waals surface area contributed by atoms with E-state index < -0.39 is 14.6 Å². The van der Waals surface area contributed by atoms with Crippen LogP contribution in [0.5, 0.6) is 0 Å². The van der Waals surface area contributed by atoms with Crippen molar-refractivity contribution in [2.24, 2.45) is 0 Å². The van der Waals surface area contributed by atoms with Crippen molar-refractivity contribution in [3.63, 3.8) is 0 Å². The van der Waals surface area contributed by atoms with Crippen molar-refractivity contribution in [1.82, 2.24) is 0 Å². The lowest BCUT2D eigenvalue weighted by atomic mass is 10.1. The van der Waals surface area contributed by atoms with Gasteiger partial charge in [0.2, 0.25) is 0 Å². The SMILES string of the molecule is CC(C)(C)S(=O)(=O)CCC(=O)c1cc(N)ccc1Br. The number of rotatable bonds is 4. The Morgan fingerprint density at radius 3 is 2.42 bits per heavy atom. The highest BCUT2D eigenvalue weighted by molar-refractivity contribution is 9.10. The third kappa shape index (κ3) is 4.04. The van der Waals surface area contributed by atoms with Crippen molar-refractivity contribution in [2.45, 2.75) is 31.9 Å². The first-order valence-corrected chi connectivity index (χ1v) is 8.29. The van der Waals surface area contributed by atoms with Crippen LogP contribution in [0.25, 0.3) is 0 Å². The van der Waals surface area contributed by atoms with E-state index in [1.165, 1.54) is 0 Å². The molecule has 0 aromatic heterocycles. The molecule has 0 heterocycles. The van der Waals surface area contributed by atoms with Crippen LogP contribution in [-0.4, -0.2) is 24.7 Å². The molecular formula is C13H18BrNO3S. The quantitative estimate of drug-likeness (QED) is 0.670. The summed E-state index contributed by atoms with van der Waals surface area (Å²) in [6, 6.07) is 4.91. The predicted octanol–water partition coefficient (Wildman–Crippen LogP) is 2.82. The topological polar surface area (TPSA) is 77.2 Å². The molecule has 0 aliphatic heterocycles. The van der Waals surface area contributed by atoms with E-state index in [0.717, 1.165) is 0 Å². The van der Waals surface area contributed by atoms with E-state index in [1.807, 2.05) is 0 Å². The van der Waals surface area contributed by atoms with Gasteiger partial charge in [-0.25, -0.2) is 8.42 Å². The number of hydrogen-bond acceptors (Lipinski definition) is 4. The van der Waals surface area contributed by atoms with E-state index in [0.29, 0.717) is 15.7 Å². The van der Waals surface area contributed by atoms with Gasteiger partial charge in [0.1, 0.15) is 0 Å². The van der Waals surface area contributed by atoms with Crippen LogP contribution in [0.3, 0.4) is 0 Å². The molecule has 1 aromatic rings. The van der Waals surface area contributed by atoms with Crippen molar-refractivity contribution in [1.29, 1.82) is 0 Å². The summed E-state index contributed by atoms with van der Waals surface area (Å²) in [6.45, 7) is 4.88. The van der Waals surface area contributed by atoms with Crippen LogP contribution in [-0.2, 0) is 9.84 Å². The summed E-state index contributed by atoms with van der Waals surface area (Å²) >= 11 is 3.27. The highest BCUT2D eigenvalue weighted by Gasteiger charge is 2.29. The number of benzene rings is 1. The van der Waals surface area contributed by atoms with Crippen LogP contribution in [0.4, 0.5) is 5.69 Å². The van der Waals surface area contributed by atoms with Crippen molar-refractivity contribution in [2.75, 3.05) is 11.5 Å². The van der Waals surface area contributed by atoms with Crippen LogP contribution < -0.4 is 5.73 Å². The molecule has 0 unspecified atom stereocenters. The van der Waals surface area contributed by atoms with Gasteiger partial charge < -0.3 is 5.73 Å². The van der Waals surface area contributed by atoms with Gasteiger partial charge in [-0.15, -0.1) is 0 Å². The number of halogens is 1. The van der Waals surface area contributed by atoms with Crippen molar-refractivity contribution < 1.29 is 13.2 Å². The summed E-state index contributed by atoms with van der Waals surface area (Å²) in [6.07, 6.45) is -0.0400. The maximum atomic E-state index is 12.0. The molecule has 6 heteroatoms. The molecule has 0 saturated carbocycles. The van der Waals surface area contributed by atoms with Crippen LogP contribution in [0.15, 0.2) is 22.7 Å². The number of nitrogens with two attached hydrogens (primary N) is 1.